The molecular formula is C12H16BrNO. The van der Waals surface area contributed by atoms with Crippen LogP contribution in [0.3, 0.4) is 0 Å². The van der Waals surface area contributed by atoms with Crippen molar-refractivity contribution in [1.82, 2.24) is 5.32 Å². The average molecular weight is 270 g/mol. The van der Waals surface area contributed by atoms with Gasteiger partial charge in [-0.05, 0) is 59.4 Å². The fraction of sp³-hybridized carbons (Fsp3) is 0.500. The lowest BCUT2D eigenvalue weighted by Crippen LogP contribution is -2.14. The normalized spacial score (nSPS) is 20.6. The maximum Gasteiger partial charge on any atom is 0.133 e. The molecule has 0 saturated carbocycles. The standard InChI is InChI=1S/C12H16BrNO/c1-8-9(10-4-3-7-14-10)5-6-11(15-2)12(8)13/h5-6,10,14H,3-4,7H2,1-2H3. The molecule has 1 aromatic rings. The molecule has 1 aromatic carbocycles. The number of hydrogen-bond donors (Lipinski definition) is 1. The van der Waals surface area contributed by atoms with E-state index in [1.807, 2.05) is 6.07 Å². The summed E-state index contributed by atoms with van der Waals surface area (Å²) in [6.07, 6.45) is 2.51. The van der Waals surface area contributed by atoms with Crippen LogP contribution >= 0.6 is 15.9 Å². The summed E-state index contributed by atoms with van der Waals surface area (Å²) in [5.74, 6) is 0.911. The first-order valence-electron chi connectivity index (χ1n) is 5.30. The summed E-state index contributed by atoms with van der Waals surface area (Å²) in [6, 6.07) is 4.72. The monoisotopic (exact) mass is 269 g/mol. The Kier molecular flexibility index (Phi) is 3.32. The molecular weight excluding hydrogens is 254 g/mol. The fourth-order valence-corrected chi connectivity index (χ4v) is 2.68. The Bertz CT molecular complexity index is 359. The molecule has 1 N–H and O–H groups in total. The van der Waals surface area contributed by atoms with E-state index < -0.39 is 0 Å². The topological polar surface area (TPSA) is 21.3 Å². The van der Waals surface area contributed by atoms with Crippen molar-refractivity contribution in [2.75, 3.05) is 13.7 Å². The minimum Gasteiger partial charge on any atom is -0.496 e. The van der Waals surface area contributed by atoms with Gasteiger partial charge in [-0.15, -0.1) is 0 Å². The van der Waals surface area contributed by atoms with Gasteiger partial charge in [-0.25, -0.2) is 0 Å². The van der Waals surface area contributed by atoms with Crippen LogP contribution in [-0.4, -0.2) is 13.7 Å². The first kappa shape index (κ1) is 11.0. The summed E-state index contributed by atoms with van der Waals surface area (Å²) >= 11 is 3.59. The van der Waals surface area contributed by atoms with Gasteiger partial charge in [-0.3, -0.25) is 0 Å². The van der Waals surface area contributed by atoms with E-state index in [2.05, 4.69) is 34.2 Å². The molecule has 0 radical (unpaired) electrons. The molecule has 3 heteroatoms. The van der Waals surface area contributed by atoms with Crippen molar-refractivity contribution in [2.24, 2.45) is 0 Å². The molecule has 1 fully saturated rings. The number of nitrogens with one attached hydrogen (secondary N) is 1. The molecule has 0 aliphatic carbocycles. The summed E-state index contributed by atoms with van der Waals surface area (Å²) in [5.41, 5.74) is 2.67. The predicted octanol–water partition coefficient (Wildman–Crippen LogP) is 3.19. The third-order valence-electron chi connectivity index (χ3n) is 3.05. The SMILES string of the molecule is COc1ccc(C2CCCN2)c(C)c1Br. The summed E-state index contributed by atoms with van der Waals surface area (Å²) in [5, 5.41) is 3.52. The molecule has 1 aliphatic rings. The van der Waals surface area contributed by atoms with Crippen molar-refractivity contribution in [3.63, 3.8) is 0 Å². The lowest BCUT2D eigenvalue weighted by Gasteiger charge is -2.16. The first-order valence-corrected chi connectivity index (χ1v) is 6.09. The Morgan fingerprint density at radius 3 is 2.87 bits per heavy atom. The molecule has 1 atom stereocenters. The molecule has 1 heterocycles. The smallest absolute Gasteiger partial charge is 0.133 e. The van der Waals surface area contributed by atoms with E-state index >= 15 is 0 Å². The highest BCUT2D eigenvalue weighted by Crippen LogP contribution is 2.35. The number of rotatable bonds is 2. The maximum atomic E-state index is 5.28. The van der Waals surface area contributed by atoms with Crippen LogP contribution in [0.2, 0.25) is 0 Å². The highest BCUT2D eigenvalue weighted by molar-refractivity contribution is 9.10. The number of methoxy groups -OCH3 is 1. The third kappa shape index (κ3) is 2.04. The number of benzene rings is 1. The van der Waals surface area contributed by atoms with Crippen LogP contribution in [0, 0.1) is 6.92 Å². The molecule has 0 aromatic heterocycles. The van der Waals surface area contributed by atoms with Crippen LogP contribution in [0.15, 0.2) is 16.6 Å². The zero-order valence-corrected chi connectivity index (χ0v) is 10.7. The largest absolute Gasteiger partial charge is 0.496 e. The van der Waals surface area contributed by atoms with Gasteiger partial charge in [-0.2, -0.15) is 0 Å². The Morgan fingerprint density at radius 1 is 1.47 bits per heavy atom. The molecule has 1 saturated heterocycles. The van der Waals surface area contributed by atoms with Crippen LogP contribution in [0.4, 0.5) is 0 Å². The van der Waals surface area contributed by atoms with E-state index in [9.17, 15) is 0 Å². The van der Waals surface area contributed by atoms with Crippen molar-refractivity contribution in [2.45, 2.75) is 25.8 Å². The molecule has 82 valence electrons. The molecule has 2 rings (SSSR count). The summed E-state index contributed by atoms with van der Waals surface area (Å²) in [6.45, 7) is 3.27. The first-order chi connectivity index (χ1) is 7.24. The van der Waals surface area contributed by atoms with E-state index in [1.54, 1.807) is 7.11 Å². The van der Waals surface area contributed by atoms with Gasteiger partial charge in [0.15, 0.2) is 0 Å². The van der Waals surface area contributed by atoms with Crippen molar-refractivity contribution >= 4 is 15.9 Å². The van der Waals surface area contributed by atoms with Gasteiger partial charge in [0.05, 0.1) is 11.6 Å². The van der Waals surface area contributed by atoms with E-state index in [0.29, 0.717) is 6.04 Å². The van der Waals surface area contributed by atoms with Crippen LogP contribution in [-0.2, 0) is 0 Å². The minimum absolute atomic E-state index is 0.521. The second kappa shape index (κ2) is 4.54. The minimum atomic E-state index is 0.521. The number of hydrogen-bond acceptors (Lipinski definition) is 2. The van der Waals surface area contributed by atoms with Gasteiger partial charge in [0.25, 0.3) is 0 Å². The van der Waals surface area contributed by atoms with Gasteiger partial charge in [0.2, 0.25) is 0 Å². The second-order valence-corrected chi connectivity index (χ2v) is 4.74. The third-order valence-corrected chi connectivity index (χ3v) is 4.03. The van der Waals surface area contributed by atoms with Crippen molar-refractivity contribution in [3.8, 4) is 5.75 Å². The molecule has 1 aliphatic heterocycles. The molecule has 0 bridgehead atoms. The summed E-state index contributed by atoms with van der Waals surface area (Å²) in [4.78, 5) is 0. The molecule has 2 nitrogen and oxygen atoms in total. The fourth-order valence-electron chi connectivity index (χ4n) is 2.16. The van der Waals surface area contributed by atoms with Crippen LogP contribution in [0.5, 0.6) is 5.75 Å². The number of halogens is 1. The Hall–Kier alpha value is -0.540. The Labute approximate surface area is 99.1 Å². The van der Waals surface area contributed by atoms with Crippen molar-refractivity contribution in [3.05, 3.63) is 27.7 Å². The summed E-state index contributed by atoms with van der Waals surface area (Å²) in [7, 11) is 1.70. The van der Waals surface area contributed by atoms with E-state index in [-0.39, 0.29) is 0 Å². The lowest BCUT2D eigenvalue weighted by atomic mass is 10.00. The van der Waals surface area contributed by atoms with Crippen LogP contribution < -0.4 is 10.1 Å². The van der Waals surface area contributed by atoms with E-state index in [4.69, 9.17) is 4.74 Å². The zero-order valence-electron chi connectivity index (χ0n) is 9.14. The van der Waals surface area contributed by atoms with Gasteiger partial charge in [0.1, 0.15) is 5.75 Å². The Balaban J connectivity index is 2.36. The van der Waals surface area contributed by atoms with E-state index in [0.717, 1.165) is 16.8 Å². The predicted molar refractivity (Wildman–Crippen MR) is 65.4 cm³/mol. The van der Waals surface area contributed by atoms with E-state index in [1.165, 1.54) is 24.0 Å². The van der Waals surface area contributed by atoms with Gasteiger partial charge < -0.3 is 10.1 Å². The zero-order chi connectivity index (χ0) is 10.8. The highest BCUT2D eigenvalue weighted by Gasteiger charge is 2.19. The number of ether oxygens (including phenoxy) is 1. The molecule has 1 unspecified atom stereocenters. The highest BCUT2D eigenvalue weighted by atomic mass is 79.9. The second-order valence-electron chi connectivity index (χ2n) is 3.94. The molecule has 0 amide bonds. The van der Waals surface area contributed by atoms with Crippen molar-refractivity contribution < 1.29 is 4.74 Å². The Morgan fingerprint density at radius 2 is 2.27 bits per heavy atom. The lowest BCUT2D eigenvalue weighted by molar-refractivity contribution is 0.411. The molecule has 0 spiro atoms. The van der Waals surface area contributed by atoms with Crippen LogP contribution in [0.25, 0.3) is 0 Å². The van der Waals surface area contributed by atoms with Gasteiger partial charge >= 0.3 is 0 Å². The summed E-state index contributed by atoms with van der Waals surface area (Å²) < 4.78 is 6.36. The van der Waals surface area contributed by atoms with Crippen molar-refractivity contribution in [1.29, 1.82) is 0 Å². The van der Waals surface area contributed by atoms with Crippen LogP contribution in [0.1, 0.15) is 30.0 Å². The van der Waals surface area contributed by atoms with Gasteiger partial charge in [0, 0.05) is 6.04 Å². The average Bonchev–Trinajstić information content (AvgIpc) is 2.75. The molecule has 15 heavy (non-hydrogen) atoms. The maximum absolute atomic E-state index is 5.28. The van der Waals surface area contributed by atoms with Gasteiger partial charge in [-0.1, -0.05) is 6.07 Å². The quantitative estimate of drug-likeness (QED) is 0.891.